The minimum absolute atomic E-state index is 0.688. The predicted molar refractivity (Wildman–Crippen MR) is 55.2 cm³/mol. The molecule has 0 spiro atoms. The number of allylic oxidation sites excluding steroid dienone is 2. The van der Waals surface area contributed by atoms with Gasteiger partial charge < -0.3 is 5.11 Å². The van der Waals surface area contributed by atoms with Crippen LogP contribution in [0.5, 0.6) is 0 Å². The third kappa shape index (κ3) is 3.65. The molecular formula is C12H18O. The maximum atomic E-state index is 9.65. The number of hydrogen-bond donors (Lipinski definition) is 1. The van der Waals surface area contributed by atoms with Gasteiger partial charge in [0.1, 0.15) is 5.60 Å². The third-order valence-electron chi connectivity index (χ3n) is 2.47. The predicted octanol–water partition coefficient (Wildman–Crippen LogP) is 2.65. The summed E-state index contributed by atoms with van der Waals surface area (Å²) in [5.74, 6) is 5.99. The van der Waals surface area contributed by atoms with Gasteiger partial charge in [0.05, 0.1) is 0 Å². The summed E-state index contributed by atoms with van der Waals surface area (Å²) in [4.78, 5) is 0. The van der Waals surface area contributed by atoms with Crippen molar-refractivity contribution in [3.63, 3.8) is 0 Å². The minimum atomic E-state index is -0.807. The molecule has 0 fully saturated rings. The lowest BCUT2D eigenvalue weighted by Crippen LogP contribution is -2.19. The van der Waals surface area contributed by atoms with Crippen LogP contribution in [0.2, 0.25) is 0 Å². The Balaban J connectivity index is 2.60. The number of hydrogen-bond acceptors (Lipinski definition) is 1. The Morgan fingerprint density at radius 3 is 2.85 bits per heavy atom. The van der Waals surface area contributed by atoms with E-state index in [0.717, 1.165) is 12.8 Å². The molecule has 0 aliphatic heterocycles. The van der Waals surface area contributed by atoms with Gasteiger partial charge in [-0.25, -0.2) is 0 Å². The molecule has 1 atom stereocenters. The van der Waals surface area contributed by atoms with Gasteiger partial charge in [-0.3, -0.25) is 0 Å². The average Bonchev–Trinajstić information content (AvgIpc) is 2.17. The van der Waals surface area contributed by atoms with Crippen molar-refractivity contribution in [1.82, 2.24) is 0 Å². The van der Waals surface area contributed by atoms with Crippen LogP contribution in [-0.4, -0.2) is 10.7 Å². The summed E-state index contributed by atoms with van der Waals surface area (Å²) in [6, 6.07) is 0. The minimum Gasteiger partial charge on any atom is -0.378 e. The number of rotatable bonds is 1. The largest absolute Gasteiger partial charge is 0.378 e. The zero-order chi connectivity index (χ0) is 9.73. The van der Waals surface area contributed by atoms with E-state index >= 15 is 0 Å². The molecule has 0 aromatic rings. The van der Waals surface area contributed by atoms with E-state index in [1.807, 2.05) is 6.92 Å². The van der Waals surface area contributed by atoms with Gasteiger partial charge in [-0.15, -0.1) is 0 Å². The molecule has 13 heavy (non-hydrogen) atoms. The molecule has 0 bridgehead atoms. The molecule has 1 aliphatic carbocycles. The van der Waals surface area contributed by atoms with Crippen molar-refractivity contribution in [3.05, 3.63) is 11.6 Å². The first-order valence-electron chi connectivity index (χ1n) is 5.08. The Morgan fingerprint density at radius 2 is 2.31 bits per heavy atom. The van der Waals surface area contributed by atoms with Crippen LogP contribution < -0.4 is 0 Å². The van der Waals surface area contributed by atoms with Crippen LogP contribution in [-0.2, 0) is 0 Å². The van der Waals surface area contributed by atoms with Crippen LogP contribution in [0.1, 0.15) is 46.0 Å². The van der Waals surface area contributed by atoms with Gasteiger partial charge in [0.25, 0.3) is 0 Å². The van der Waals surface area contributed by atoms with Crippen molar-refractivity contribution in [2.45, 2.75) is 51.6 Å². The van der Waals surface area contributed by atoms with Gasteiger partial charge in [-0.1, -0.05) is 24.8 Å². The van der Waals surface area contributed by atoms with Gasteiger partial charge in [-0.05, 0) is 44.6 Å². The quantitative estimate of drug-likeness (QED) is 0.612. The topological polar surface area (TPSA) is 20.2 Å². The van der Waals surface area contributed by atoms with E-state index in [-0.39, 0.29) is 0 Å². The molecule has 0 aromatic heterocycles. The molecule has 1 nitrogen and oxygen atoms in total. The molecule has 0 saturated carbocycles. The summed E-state index contributed by atoms with van der Waals surface area (Å²) in [6.07, 6.45) is 7.66. The SMILES string of the molecule is CCC(C)(O)C#CC1=CCCCC1. The number of aliphatic hydroxyl groups is 1. The van der Waals surface area contributed by atoms with Crippen molar-refractivity contribution in [2.75, 3.05) is 0 Å². The van der Waals surface area contributed by atoms with Gasteiger partial charge in [-0.2, -0.15) is 0 Å². The van der Waals surface area contributed by atoms with Gasteiger partial charge in [0.2, 0.25) is 0 Å². The zero-order valence-corrected chi connectivity index (χ0v) is 8.56. The van der Waals surface area contributed by atoms with Crippen molar-refractivity contribution < 1.29 is 5.11 Å². The Bertz CT molecular complexity index is 250. The van der Waals surface area contributed by atoms with Crippen molar-refractivity contribution in [3.8, 4) is 11.8 Å². The fourth-order valence-electron chi connectivity index (χ4n) is 1.25. The molecule has 1 aliphatic rings. The van der Waals surface area contributed by atoms with E-state index < -0.39 is 5.60 Å². The van der Waals surface area contributed by atoms with Crippen molar-refractivity contribution >= 4 is 0 Å². The Hall–Kier alpha value is -0.740. The van der Waals surface area contributed by atoms with Crippen LogP contribution in [0.4, 0.5) is 0 Å². The van der Waals surface area contributed by atoms with Crippen molar-refractivity contribution in [2.24, 2.45) is 0 Å². The summed E-state index contributed by atoms with van der Waals surface area (Å²) in [5.41, 5.74) is 0.401. The second-order valence-electron chi connectivity index (χ2n) is 3.85. The van der Waals surface area contributed by atoms with E-state index in [4.69, 9.17) is 0 Å². The van der Waals surface area contributed by atoms with Crippen LogP contribution in [0, 0.1) is 11.8 Å². The van der Waals surface area contributed by atoms with Gasteiger partial charge in [0.15, 0.2) is 0 Å². The third-order valence-corrected chi connectivity index (χ3v) is 2.47. The highest BCUT2D eigenvalue weighted by molar-refractivity contribution is 5.32. The summed E-state index contributed by atoms with van der Waals surface area (Å²) < 4.78 is 0. The normalized spacial score (nSPS) is 21.0. The molecule has 1 unspecified atom stereocenters. The standard InChI is InChI=1S/C12H18O/c1-3-12(2,13)10-9-11-7-5-4-6-8-11/h7,13H,3-6,8H2,1-2H3. The molecule has 1 rings (SSSR count). The summed E-state index contributed by atoms with van der Waals surface area (Å²) in [7, 11) is 0. The van der Waals surface area contributed by atoms with Gasteiger partial charge in [0, 0.05) is 0 Å². The van der Waals surface area contributed by atoms with Crippen molar-refractivity contribution in [1.29, 1.82) is 0 Å². The van der Waals surface area contributed by atoms with Crippen LogP contribution in [0.25, 0.3) is 0 Å². The van der Waals surface area contributed by atoms with Crippen LogP contribution >= 0.6 is 0 Å². The summed E-state index contributed by atoms with van der Waals surface area (Å²) >= 11 is 0. The van der Waals surface area contributed by atoms with E-state index in [1.165, 1.54) is 18.4 Å². The first-order valence-corrected chi connectivity index (χ1v) is 5.08. The van der Waals surface area contributed by atoms with E-state index in [9.17, 15) is 5.11 Å². The Kier molecular flexibility index (Phi) is 3.57. The van der Waals surface area contributed by atoms with E-state index in [2.05, 4.69) is 17.9 Å². The van der Waals surface area contributed by atoms with E-state index in [0.29, 0.717) is 6.42 Å². The highest BCUT2D eigenvalue weighted by atomic mass is 16.3. The van der Waals surface area contributed by atoms with E-state index in [1.54, 1.807) is 6.92 Å². The Morgan fingerprint density at radius 1 is 1.54 bits per heavy atom. The molecule has 72 valence electrons. The lowest BCUT2D eigenvalue weighted by Gasteiger charge is -2.13. The molecular weight excluding hydrogens is 160 g/mol. The lowest BCUT2D eigenvalue weighted by atomic mass is 9.98. The molecule has 0 radical (unpaired) electrons. The monoisotopic (exact) mass is 178 g/mol. The fourth-order valence-corrected chi connectivity index (χ4v) is 1.25. The lowest BCUT2D eigenvalue weighted by molar-refractivity contribution is 0.118. The molecule has 0 heterocycles. The average molecular weight is 178 g/mol. The molecule has 0 amide bonds. The second-order valence-corrected chi connectivity index (χ2v) is 3.85. The molecule has 0 saturated heterocycles. The maximum Gasteiger partial charge on any atom is 0.122 e. The first-order chi connectivity index (χ1) is 6.14. The summed E-state index contributed by atoms with van der Waals surface area (Å²) in [6.45, 7) is 3.72. The highest BCUT2D eigenvalue weighted by Gasteiger charge is 2.12. The zero-order valence-electron chi connectivity index (χ0n) is 8.56. The van der Waals surface area contributed by atoms with Gasteiger partial charge >= 0.3 is 0 Å². The molecule has 1 N–H and O–H groups in total. The maximum absolute atomic E-state index is 9.65. The fraction of sp³-hybridized carbons (Fsp3) is 0.667. The second kappa shape index (κ2) is 4.48. The first kappa shape index (κ1) is 10.3. The molecule has 0 aromatic carbocycles. The highest BCUT2D eigenvalue weighted by Crippen LogP contribution is 2.17. The van der Waals surface area contributed by atoms with Crippen LogP contribution in [0.3, 0.4) is 0 Å². The summed E-state index contributed by atoms with van der Waals surface area (Å²) in [5, 5.41) is 9.65. The molecule has 1 heteroatoms. The smallest absolute Gasteiger partial charge is 0.122 e. The Labute approximate surface area is 80.9 Å². The van der Waals surface area contributed by atoms with Crippen LogP contribution in [0.15, 0.2) is 11.6 Å².